The van der Waals surface area contributed by atoms with Crippen LogP contribution in [0.1, 0.15) is 9.67 Å². The summed E-state index contributed by atoms with van der Waals surface area (Å²) in [4.78, 5) is 12.3. The third kappa shape index (κ3) is 3.78. The van der Waals surface area contributed by atoms with Crippen LogP contribution in [0.5, 0.6) is 5.75 Å². The Labute approximate surface area is 141 Å². The Balaban J connectivity index is 1.72. The van der Waals surface area contributed by atoms with Gasteiger partial charge in [-0.3, -0.25) is 4.79 Å². The summed E-state index contributed by atoms with van der Waals surface area (Å²) in [6, 6.07) is 18.5. The van der Waals surface area contributed by atoms with Gasteiger partial charge in [-0.2, -0.15) is 8.78 Å². The molecule has 1 amide bonds. The second-order valence-corrected chi connectivity index (χ2v) is 5.81. The number of amides is 1. The van der Waals surface area contributed by atoms with Gasteiger partial charge in [-0.15, -0.1) is 11.3 Å². The molecule has 0 unspecified atom stereocenters. The summed E-state index contributed by atoms with van der Waals surface area (Å²) in [5.74, 6) is -0.596. The first-order valence-electron chi connectivity index (χ1n) is 7.12. The SMILES string of the molecule is O=C(Nc1ccc(-c2ccccc2)cc1)c1sccc1OC(F)F. The van der Waals surface area contributed by atoms with Crippen LogP contribution in [0.25, 0.3) is 11.1 Å². The van der Waals surface area contributed by atoms with Gasteiger partial charge >= 0.3 is 6.61 Å². The van der Waals surface area contributed by atoms with E-state index in [4.69, 9.17) is 0 Å². The van der Waals surface area contributed by atoms with E-state index in [2.05, 4.69) is 10.1 Å². The molecular weight excluding hydrogens is 332 g/mol. The molecule has 24 heavy (non-hydrogen) atoms. The summed E-state index contributed by atoms with van der Waals surface area (Å²) in [5.41, 5.74) is 2.67. The van der Waals surface area contributed by atoms with Gasteiger partial charge in [-0.1, -0.05) is 42.5 Å². The maximum Gasteiger partial charge on any atom is 0.387 e. The van der Waals surface area contributed by atoms with E-state index in [1.165, 1.54) is 11.4 Å². The lowest BCUT2D eigenvalue weighted by Crippen LogP contribution is -2.12. The lowest BCUT2D eigenvalue weighted by Gasteiger charge is -2.08. The summed E-state index contributed by atoms with van der Waals surface area (Å²) < 4.78 is 29.0. The summed E-state index contributed by atoms with van der Waals surface area (Å²) in [5, 5.41) is 4.22. The monoisotopic (exact) mass is 345 g/mol. The van der Waals surface area contributed by atoms with Crippen molar-refractivity contribution in [2.75, 3.05) is 5.32 Å². The number of alkyl halides is 2. The Hall–Kier alpha value is -2.73. The third-order valence-electron chi connectivity index (χ3n) is 3.30. The maximum atomic E-state index is 12.3. The molecule has 0 saturated heterocycles. The van der Waals surface area contributed by atoms with Crippen LogP contribution in [0.15, 0.2) is 66.0 Å². The molecule has 0 saturated carbocycles. The number of hydrogen-bond donors (Lipinski definition) is 1. The molecule has 0 spiro atoms. The molecule has 1 aromatic heterocycles. The molecule has 3 nitrogen and oxygen atoms in total. The van der Waals surface area contributed by atoms with Crippen molar-refractivity contribution in [1.82, 2.24) is 0 Å². The Morgan fingerprint density at radius 2 is 1.62 bits per heavy atom. The van der Waals surface area contributed by atoms with Gasteiger partial charge in [-0.05, 0) is 34.7 Å². The van der Waals surface area contributed by atoms with Crippen LogP contribution in [0, 0.1) is 0 Å². The van der Waals surface area contributed by atoms with Crippen LogP contribution < -0.4 is 10.1 Å². The van der Waals surface area contributed by atoms with Crippen LogP contribution in [0.4, 0.5) is 14.5 Å². The van der Waals surface area contributed by atoms with Gasteiger partial charge in [-0.25, -0.2) is 0 Å². The lowest BCUT2D eigenvalue weighted by atomic mass is 10.1. The molecule has 0 radical (unpaired) electrons. The van der Waals surface area contributed by atoms with Crippen molar-refractivity contribution in [2.24, 2.45) is 0 Å². The van der Waals surface area contributed by atoms with Crippen LogP contribution in [0.3, 0.4) is 0 Å². The van der Waals surface area contributed by atoms with Gasteiger partial charge in [0.15, 0.2) is 0 Å². The van der Waals surface area contributed by atoms with E-state index in [0.29, 0.717) is 5.69 Å². The van der Waals surface area contributed by atoms with Crippen LogP contribution in [-0.2, 0) is 0 Å². The number of nitrogens with one attached hydrogen (secondary N) is 1. The summed E-state index contributed by atoms with van der Waals surface area (Å²) in [6.45, 7) is -2.96. The Morgan fingerprint density at radius 1 is 0.958 bits per heavy atom. The number of ether oxygens (including phenoxy) is 1. The molecular formula is C18H13F2NO2S. The molecule has 122 valence electrons. The Bertz CT molecular complexity index is 817. The molecule has 0 bridgehead atoms. The Kier molecular flexibility index (Phi) is 4.86. The smallest absolute Gasteiger partial charge is 0.387 e. The van der Waals surface area contributed by atoms with Crippen molar-refractivity contribution in [1.29, 1.82) is 0 Å². The Morgan fingerprint density at radius 3 is 2.29 bits per heavy atom. The molecule has 0 fully saturated rings. The minimum Gasteiger partial charge on any atom is -0.433 e. The van der Waals surface area contributed by atoms with E-state index in [-0.39, 0.29) is 10.6 Å². The number of halogens is 2. The predicted octanol–water partition coefficient (Wildman–Crippen LogP) is 5.27. The van der Waals surface area contributed by atoms with E-state index in [0.717, 1.165) is 22.5 Å². The first kappa shape index (κ1) is 16.1. The number of thiophene rings is 1. The van der Waals surface area contributed by atoms with Crippen molar-refractivity contribution < 1.29 is 18.3 Å². The number of rotatable bonds is 5. The van der Waals surface area contributed by atoms with Crippen molar-refractivity contribution in [3.63, 3.8) is 0 Å². The van der Waals surface area contributed by atoms with Gasteiger partial charge in [0.25, 0.3) is 5.91 Å². The van der Waals surface area contributed by atoms with E-state index in [1.807, 2.05) is 42.5 Å². The molecule has 3 aromatic rings. The fourth-order valence-electron chi connectivity index (χ4n) is 2.22. The topological polar surface area (TPSA) is 38.3 Å². The van der Waals surface area contributed by atoms with Crippen LogP contribution in [-0.4, -0.2) is 12.5 Å². The zero-order valence-electron chi connectivity index (χ0n) is 12.4. The standard InChI is InChI=1S/C18H13F2NO2S/c19-18(20)23-15-10-11-24-16(15)17(22)21-14-8-6-13(7-9-14)12-4-2-1-3-5-12/h1-11,18H,(H,21,22). The first-order valence-corrected chi connectivity index (χ1v) is 8.00. The maximum absolute atomic E-state index is 12.3. The van der Waals surface area contributed by atoms with Gasteiger partial charge in [0.05, 0.1) is 0 Å². The van der Waals surface area contributed by atoms with Gasteiger partial charge in [0, 0.05) is 5.69 Å². The molecule has 2 aromatic carbocycles. The highest BCUT2D eigenvalue weighted by Gasteiger charge is 2.17. The zero-order chi connectivity index (χ0) is 16.9. The fraction of sp³-hybridized carbons (Fsp3) is 0.0556. The van der Waals surface area contributed by atoms with Crippen molar-refractivity contribution in [3.05, 3.63) is 70.9 Å². The van der Waals surface area contributed by atoms with Crippen molar-refractivity contribution in [2.45, 2.75) is 6.61 Å². The summed E-state index contributed by atoms with van der Waals surface area (Å²) in [7, 11) is 0. The molecule has 1 heterocycles. The van der Waals surface area contributed by atoms with Gasteiger partial charge in [0.1, 0.15) is 10.6 Å². The number of carbonyl (C=O) groups is 1. The molecule has 0 aliphatic carbocycles. The first-order chi connectivity index (χ1) is 11.6. The average molecular weight is 345 g/mol. The molecule has 0 aliphatic heterocycles. The predicted molar refractivity (Wildman–Crippen MR) is 90.8 cm³/mol. The highest BCUT2D eigenvalue weighted by atomic mass is 32.1. The van der Waals surface area contributed by atoms with Gasteiger partial charge < -0.3 is 10.1 Å². The summed E-state index contributed by atoms with van der Waals surface area (Å²) >= 11 is 1.05. The summed E-state index contributed by atoms with van der Waals surface area (Å²) in [6.07, 6.45) is 0. The largest absolute Gasteiger partial charge is 0.433 e. The van der Waals surface area contributed by atoms with E-state index in [1.54, 1.807) is 12.1 Å². The highest BCUT2D eigenvalue weighted by molar-refractivity contribution is 7.12. The fourth-order valence-corrected chi connectivity index (χ4v) is 2.93. The minimum atomic E-state index is -2.96. The average Bonchev–Trinajstić information content (AvgIpc) is 3.04. The number of anilines is 1. The molecule has 0 aliphatic rings. The van der Waals surface area contributed by atoms with E-state index >= 15 is 0 Å². The molecule has 1 N–H and O–H groups in total. The second-order valence-electron chi connectivity index (χ2n) is 4.89. The number of carbonyl (C=O) groups excluding carboxylic acids is 1. The van der Waals surface area contributed by atoms with E-state index < -0.39 is 12.5 Å². The molecule has 3 rings (SSSR count). The minimum absolute atomic E-state index is 0.113. The second kappa shape index (κ2) is 7.23. The lowest BCUT2D eigenvalue weighted by molar-refractivity contribution is -0.0498. The third-order valence-corrected chi connectivity index (χ3v) is 4.20. The van der Waals surface area contributed by atoms with Crippen LogP contribution >= 0.6 is 11.3 Å². The van der Waals surface area contributed by atoms with Crippen LogP contribution in [0.2, 0.25) is 0 Å². The zero-order valence-corrected chi connectivity index (χ0v) is 13.2. The normalized spacial score (nSPS) is 10.6. The number of hydrogen-bond acceptors (Lipinski definition) is 3. The van der Waals surface area contributed by atoms with Crippen molar-refractivity contribution >= 4 is 22.9 Å². The number of benzene rings is 2. The highest BCUT2D eigenvalue weighted by Crippen LogP contribution is 2.28. The van der Waals surface area contributed by atoms with Gasteiger partial charge in [0.2, 0.25) is 0 Å². The molecule has 6 heteroatoms. The van der Waals surface area contributed by atoms with E-state index in [9.17, 15) is 13.6 Å². The molecule has 0 atom stereocenters. The quantitative estimate of drug-likeness (QED) is 0.684. The van der Waals surface area contributed by atoms with Crippen molar-refractivity contribution in [3.8, 4) is 16.9 Å².